The molecule has 0 bridgehead atoms. The summed E-state index contributed by atoms with van der Waals surface area (Å²) in [7, 11) is 0. The molecule has 1 aliphatic rings. The lowest BCUT2D eigenvalue weighted by atomic mass is 9.89. The van der Waals surface area contributed by atoms with Gasteiger partial charge >= 0.3 is 0 Å². The SMILES string of the molecule is Cc1oc(CN2CCC(C)C(C)C2)cc1CNC(C)(C)C. The van der Waals surface area contributed by atoms with E-state index in [2.05, 4.69) is 57.8 Å². The standard InChI is InChI=1S/C18H32N2O/c1-13-7-8-20(11-14(13)2)12-17-9-16(15(3)21-17)10-19-18(4,5)6/h9,13-14,19H,7-8,10-12H2,1-6H3. The summed E-state index contributed by atoms with van der Waals surface area (Å²) in [5.74, 6) is 3.81. The highest BCUT2D eigenvalue weighted by atomic mass is 16.3. The van der Waals surface area contributed by atoms with Crippen LogP contribution in [0.3, 0.4) is 0 Å². The van der Waals surface area contributed by atoms with Crippen LogP contribution in [0.25, 0.3) is 0 Å². The second-order valence-electron chi connectivity index (χ2n) is 7.88. The fraction of sp³-hybridized carbons (Fsp3) is 0.778. The van der Waals surface area contributed by atoms with Crippen LogP contribution in [0.1, 0.15) is 58.1 Å². The van der Waals surface area contributed by atoms with Gasteiger partial charge < -0.3 is 9.73 Å². The van der Waals surface area contributed by atoms with Gasteiger partial charge in [0.2, 0.25) is 0 Å². The summed E-state index contributed by atoms with van der Waals surface area (Å²) in [4.78, 5) is 2.53. The Morgan fingerprint density at radius 3 is 2.62 bits per heavy atom. The van der Waals surface area contributed by atoms with Gasteiger partial charge in [0.15, 0.2) is 0 Å². The number of furan rings is 1. The van der Waals surface area contributed by atoms with Crippen LogP contribution in [0.2, 0.25) is 0 Å². The molecule has 1 N–H and O–H groups in total. The van der Waals surface area contributed by atoms with Crippen molar-refractivity contribution < 1.29 is 4.42 Å². The highest BCUT2D eigenvalue weighted by molar-refractivity contribution is 5.21. The first-order valence-electron chi connectivity index (χ1n) is 8.30. The number of hydrogen-bond acceptors (Lipinski definition) is 3. The first-order chi connectivity index (χ1) is 9.74. The van der Waals surface area contributed by atoms with Crippen LogP contribution >= 0.6 is 0 Å². The van der Waals surface area contributed by atoms with Crippen LogP contribution < -0.4 is 5.32 Å². The van der Waals surface area contributed by atoms with Crippen molar-refractivity contribution in [1.29, 1.82) is 0 Å². The lowest BCUT2D eigenvalue weighted by molar-refractivity contribution is 0.124. The molecule has 0 radical (unpaired) electrons. The van der Waals surface area contributed by atoms with Crippen LogP contribution in [-0.4, -0.2) is 23.5 Å². The van der Waals surface area contributed by atoms with Crippen molar-refractivity contribution in [2.45, 2.75) is 66.6 Å². The van der Waals surface area contributed by atoms with Crippen LogP contribution in [0.15, 0.2) is 10.5 Å². The van der Waals surface area contributed by atoms with Gasteiger partial charge in [0.05, 0.1) is 6.54 Å². The third-order valence-corrected chi connectivity index (χ3v) is 4.68. The maximum atomic E-state index is 5.96. The number of nitrogens with one attached hydrogen (secondary N) is 1. The predicted molar refractivity (Wildman–Crippen MR) is 88.3 cm³/mol. The maximum absolute atomic E-state index is 5.96. The number of likely N-dealkylation sites (tertiary alicyclic amines) is 1. The normalized spacial score (nSPS) is 24.5. The zero-order valence-corrected chi connectivity index (χ0v) is 14.6. The number of piperidine rings is 1. The highest BCUT2D eigenvalue weighted by Crippen LogP contribution is 2.25. The molecule has 0 aromatic carbocycles. The van der Waals surface area contributed by atoms with Gasteiger partial charge in [-0.1, -0.05) is 13.8 Å². The molecule has 2 heterocycles. The second kappa shape index (κ2) is 6.53. The molecule has 1 aromatic rings. The minimum absolute atomic E-state index is 0.141. The molecule has 1 aliphatic heterocycles. The van der Waals surface area contributed by atoms with Crippen molar-refractivity contribution in [3.63, 3.8) is 0 Å². The van der Waals surface area contributed by atoms with Crippen molar-refractivity contribution in [2.75, 3.05) is 13.1 Å². The van der Waals surface area contributed by atoms with E-state index in [1.54, 1.807) is 0 Å². The molecule has 2 atom stereocenters. The van der Waals surface area contributed by atoms with Crippen molar-refractivity contribution in [3.05, 3.63) is 23.2 Å². The van der Waals surface area contributed by atoms with Gasteiger partial charge in [0.25, 0.3) is 0 Å². The van der Waals surface area contributed by atoms with Gasteiger partial charge in [0.1, 0.15) is 11.5 Å². The van der Waals surface area contributed by atoms with Crippen LogP contribution in [0.5, 0.6) is 0 Å². The Hall–Kier alpha value is -0.800. The van der Waals surface area contributed by atoms with E-state index in [9.17, 15) is 0 Å². The molecule has 2 unspecified atom stereocenters. The minimum atomic E-state index is 0.141. The summed E-state index contributed by atoms with van der Waals surface area (Å²) < 4.78 is 5.96. The van der Waals surface area contributed by atoms with Gasteiger partial charge in [-0.25, -0.2) is 0 Å². The third kappa shape index (κ3) is 4.86. The fourth-order valence-corrected chi connectivity index (χ4v) is 2.91. The van der Waals surface area contributed by atoms with Crippen molar-refractivity contribution in [1.82, 2.24) is 10.2 Å². The van der Waals surface area contributed by atoms with Crippen molar-refractivity contribution in [2.24, 2.45) is 11.8 Å². The summed E-state index contributed by atoms with van der Waals surface area (Å²) in [6.07, 6.45) is 1.30. The molecule has 21 heavy (non-hydrogen) atoms. The number of aryl methyl sites for hydroxylation is 1. The molecule has 0 amide bonds. The first kappa shape index (κ1) is 16.6. The maximum Gasteiger partial charge on any atom is 0.118 e. The topological polar surface area (TPSA) is 28.4 Å². The first-order valence-corrected chi connectivity index (χ1v) is 8.30. The largest absolute Gasteiger partial charge is 0.465 e. The quantitative estimate of drug-likeness (QED) is 0.910. The minimum Gasteiger partial charge on any atom is -0.465 e. The van der Waals surface area contributed by atoms with Gasteiger partial charge in [-0.3, -0.25) is 4.90 Å². The zero-order chi connectivity index (χ0) is 15.6. The van der Waals surface area contributed by atoms with E-state index in [0.29, 0.717) is 0 Å². The van der Waals surface area contributed by atoms with E-state index in [4.69, 9.17) is 4.42 Å². The van der Waals surface area contributed by atoms with Gasteiger partial charge in [-0.05, 0) is 58.6 Å². The van der Waals surface area contributed by atoms with E-state index in [-0.39, 0.29) is 5.54 Å². The molecule has 2 rings (SSSR count). The average Bonchev–Trinajstić information content (AvgIpc) is 2.71. The summed E-state index contributed by atoms with van der Waals surface area (Å²) in [6.45, 7) is 17.6. The molecular formula is C18H32N2O. The predicted octanol–water partition coefficient (Wildman–Crippen LogP) is 3.95. The third-order valence-electron chi connectivity index (χ3n) is 4.68. The Labute approximate surface area is 130 Å². The Morgan fingerprint density at radius 1 is 1.29 bits per heavy atom. The summed E-state index contributed by atoms with van der Waals surface area (Å²) in [5.41, 5.74) is 1.43. The molecule has 3 nitrogen and oxygen atoms in total. The average molecular weight is 292 g/mol. The van der Waals surface area contributed by atoms with E-state index >= 15 is 0 Å². The highest BCUT2D eigenvalue weighted by Gasteiger charge is 2.23. The molecule has 120 valence electrons. The molecule has 0 saturated carbocycles. The Morgan fingerprint density at radius 2 is 2.00 bits per heavy atom. The van der Waals surface area contributed by atoms with E-state index in [0.717, 1.165) is 36.4 Å². The number of rotatable bonds is 4. The van der Waals surface area contributed by atoms with Gasteiger partial charge in [-0.2, -0.15) is 0 Å². The summed E-state index contributed by atoms with van der Waals surface area (Å²) in [5, 5.41) is 3.54. The summed E-state index contributed by atoms with van der Waals surface area (Å²) in [6, 6.07) is 2.23. The van der Waals surface area contributed by atoms with Crippen molar-refractivity contribution >= 4 is 0 Å². The Balaban J connectivity index is 1.93. The number of nitrogens with zero attached hydrogens (tertiary/aromatic N) is 1. The van der Waals surface area contributed by atoms with Crippen LogP contribution in [0.4, 0.5) is 0 Å². The van der Waals surface area contributed by atoms with Crippen LogP contribution in [0, 0.1) is 18.8 Å². The molecule has 0 spiro atoms. The lowest BCUT2D eigenvalue weighted by Gasteiger charge is -2.34. The lowest BCUT2D eigenvalue weighted by Crippen LogP contribution is -2.37. The molecule has 3 heteroatoms. The molecule has 0 aliphatic carbocycles. The molecule has 1 fully saturated rings. The zero-order valence-electron chi connectivity index (χ0n) is 14.6. The molecule has 1 aromatic heterocycles. The van der Waals surface area contributed by atoms with Gasteiger partial charge in [-0.15, -0.1) is 0 Å². The molecular weight excluding hydrogens is 260 g/mol. The van der Waals surface area contributed by atoms with Gasteiger partial charge in [0, 0.05) is 24.2 Å². The Bertz CT molecular complexity index is 458. The van der Waals surface area contributed by atoms with E-state index in [1.807, 2.05) is 0 Å². The molecule has 1 saturated heterocycles. The monoisotopic (exact) mass is 292 g/mol. The summed E-state index contributed by atoms with van der Waals surface area (Å²) >= 11 is 0. The van der Waals surface area contributed by atoms with Crippen LogP contribution in [-0.2, 0) is 13.1 Å². The number of hydrogen-bond donors (Lipinski definition) is 1. The van der Waals surface area contributed by atoms with E-state index in [1.165, 1.54) is 25.1 Å². The Kier molecular flexibility index (Phi) is 5.15. The smallest absolute Gasteiger partial charge is 0.118 e. The van der Waals surface area contributed by atoms with E-state index < -0.39 is 0 Å². The van der Waals surface area contributed by atoms with Crippen molar-refractivity contribution in [3.8, 4) is 0 Å². The fourth-order valence-electron chi connectivity index (χ4n) is 2.91. The second-order valence-corrected chi connectivity index (χ2v) is 7.88.